The van der Waals surface area contributed by atoms with Crippen molar-refractivity contribution in [3.63, 3.8) is 0 Å². The highest BCUT2D eigenvalue weighted by Gasteiger charge is 2.59. The fourth-order valence-electron chi connectivity index (χ4n) is 3.96. The molecule has 1 amide bonds. The van der Waals surface area contributed by atoms with Crippen molar-refractivity contribution in [2.75, 3.05) is 11.4 Å². The van der Waals surface area contributed by atoms with Crippen LogP contribution in [0.15, 0.2) is 59.1 Å². The van der Waals surface area contributed by atoms with E-state index in [-0.39, 0.29) is 11.3 Å². The van der Waals surface area contributed by atoms with Gasteiger partial charge in [-0.15, -0.1) is 0 Å². The normalized spacial score (nSPS) is 24.1. The predicted octanol–water partition coefficient (Wildman–Crippen LogP) is 4.09. The van der Waals surface area contributed by atoms with Gasteiger partial charge in [-0.25, -0.2) is 0 Å². The van der Waals surface area contributed by atoms with Gasteiger partial charge in [0.15, 0.2) is 0 Å². The number of hydrogen-bond donors (Lipinski definition) is 1. The maximum atomic E-state index is 12.2. The summed E-state index contributed by atoms with van der Waals surface area (Å²) in [5.41, 5.74) is 2.73. The largest absolute Gasteiger partial charge is 0.335 e. The molecule has 0 saturated carbocycles. The molecule has 2 aliphatic rings. The summed E-state index contributed by atoms with van der Waals surface area (Å²) in [4.78, 5) is 14.4. The van der Waals surface area contributed by atoms with Crippen LogP contribution in [-0.4, -0.2) is 18.1 Å². The Labute approximate surface area is 150 Å². The van der Waals surface area contributed by atoms with E-state index >= 15 is 0 Å². The zero-order valence-corrected chi connectivity index (χ0v) is 15.3. The zero-order valence-electron chi connectivity index (χ0n) is 13.7. The molecule has 2 heterocycles. The molecule has 0 unspecified atom stereocenters. The number of anilines is 1. The van der Waals surface area contributed by atoms with E-state index in [9.17, 15) is 4.79 Å². The van der Waals surface area contributed by atoms with Crippen LogP contribution in [0.1, 0.15) is 25.0 Å². The molecule has 0 aromatic heterocycles. The van der Waals surface area contributed by atoms with Gasteiger partial charge in [-0.05, 0) is 29.3 Å². The molecule has 1 atom stereocenters. The Kier molecular flexibility index (Phi) is 3.36. The van der Waals surface area contributed by atoms with Crippen LogP contribution < -0.4 is 10.2 Å². The summed E-state index contributed by atoms with van der Waals surface area (Å²) >= 11 is 3.59. The average molecular weight is 383 g/mol. The molecule has 24 heavy (non-hydrogen) atoms. The first-order valence-electron chi connectivity index (χ1n) is 8.08. The van der Waals surface area contributed by atoms with Gasteiger partial charge in [-0.1, -0.05) is 72.3 Å². The van der Waals surface area contributed by atoms with Crippen LogP contribution in [0.3, 0.4) is 0 Å². The number of carbonyl (C=O) groups excluding carboxylic acids is 1. The number of nitrogens with zero attached hydrogens (tertiary/aromatic N) is 1. The second kappa shape index (κ2) is 5.21. The lowest BCUT2D eigenvalue weighted by Gasteiger charge is -2.40. The molecule has 0 radical (unpaired) electrons. The number of para-hydroxylation sites is 1. The minimum Gasteiger partial charge on any atom is -0.335 e. The summed E-state index contributed by atoms with van der Waals surface area (Å²) in [6, 6.07) is 16.5. The van der Waals surface area contributed by atoms with Gasteiger partial charge >= 0.3 is 0 Å². The second-order valence-electron chi connectivity index (χ2n) is 6.90. The first kappa shape index (κ1) is 15.5. The Bertz CT molecular complexity index is 858. The highest BCUT2D eigenvalue weighted by atomic mass is 79.9. The first-order valence-corrected chi connectivity index (χ1v) is 8.87. The molecule has 1 N–H and O–H groups in total. The van der Waals surface area contributed by atoms with Crippen molar-refractivity contribution in [2.45, 2.75) is 24.9 Å². The molecule has 0 aliphatic carbocycles. The van der Waals surface area contributed by atoms with Crippen molar-refractivity contribution in [3.05, 3.63) is 70.2 Å². The molecule has 0 bridgehead atoms. The van der Waals surface area contributed by atoms with Crippen molar-refractivity contribution in [1.29, 1.82) is 0 Å². The maximum absolute atomic E-state index is 12.2. The summed E-state index contributed by atoms with van der Waals surface area (Å²) in [5.74, 6) is 0.0642. The number of halogens is 1. The number of benzene rings is 2. The zero-order chi connectivity index (χ0) is 16.9. The number of rotatable bonds is 2. The lowest BCUT2D eigenvalue weighted by atomic mass is 9.75. The summed E-state index contributed by atoms with van der Waals surface area (Å²) < 4.78 is 1.04. The first-order chi connectivity index (χ1) is 11.5. The van der Waals surface area contributed by atoms with Gasteiger partial charge in [0.2, 0.25) is 5.91 Å². The van der Waals surface area contributed by atoms with E-state index in [4.69, 9.17) is 0 Å². The Morgan fingerprint density at radius 3 is 2.62 bits per heavy atom. The van der Waals surface area contributed by atoms with Crippen molar-refractivity contribution >= 4 is 33.6 Å². The molecule has 122 valence electrons. The van der Waals surface area contributed by atoms with Gasteiger partial charge in [0, 0.05) is 15.6 Å². The van der Waals surface area contributed by atoms with Crippen molar-refractivity contribution in [1.82, 2.24) is 5.32 Å². The lowest BCUT2D eigenvalue weighted by Crippen LogP contribution is -2.58. The maximum Gasteiger partial charge on any atom is 0.241 e. The topological polar surface area (TPSA) is 32.3 Å². The van der Waals surface area contributed by atoms with Crippen LogP contribution in [0.2, 0.25) is 0 Å². The smallest absolute Gasteiger partial charge is 0.241 e. The Balaban J connectivity index is 1.86. The summed E-state index contributed by atoms with van der Waals surface area (Å²) in [5, 5.41) is 3.24. The Hall–Kier alpha value is -2.07. The molecular formula is C20H19BrN2O. The van der Waals surface area contributed by atoms with Gasteiger partial charge in [0.25, 0.3) is 0 Å². The van der Waals surface area contributed by atoms with Crippen molar-refractivity contribution in [3.8, 4) is 0 Å². The summed E-state index contributed by atoms with van der Waals surface area (Å²) in [6.07, 6.45) is 4.23. The number of hydrogen-bond acceptors (Lipinski definition) is 2. The third-order valence-electron chi connectivity index (χ3n) is 5.29. The standard InChI is InChI=1S/C20H19BrN2O/c1-19(2)15-8-4-6-10-17(15)23-13-18(24)22-20(19,23)12-11-14-7-3-5-9-16(14)21/h3-12H,13H2,1-2H3,(H,22,24)/b12-11+/t20-/m0/s1. The molecule has 4 heteroatoms. The molecule has 2 aliphatic heterocycles. The predicted molar refractivity (Wildman–Crippen MR) is 101 cm³/mol. The molecule has 4 rings (SSSR count). The van der Waals surface area contributed by atoms with Gasteiger partial charge < -0.3 is 10.2 Å². The van der Waals surface area contributed by atoms with Gasteiger partial charge in [-0.2, -0.15) is 0 Å². The molecule has 3 nitrogen and oxygen atoms in total. The number of carbonyl (C=O) groups is 1. The fourth-order valence-corrected chi connectivity index (χ4v) is 4.38. The fraction of sp³-hybridized carbons (Fsp3) is 0.250. The van der Waals surface area contributed by atoms with E-state index in [2.05, 4.69) is 76.4 Å². The number of nitrogens with one attached hydrogen (secondary N) is 1. The van der Waals surface area contributed by atoms with Gasteiger partial charge in [0.05, 0.1) is 6.54 Å². The highest BCUT2D eigenvalue weighted by molar-refractivity contribution is 9.10. The Morgan fingerprint density at radius 2 is 1.83 bits per heavy atom. The molecule has 2 aromatic rings. The van der Waals surface area contributed by atoms with Crippen LogP contribution >= 0.6 is 15.9 Å². The molecular weight excluding hydrogens is 364 g/mol. The third-order valence-corrected chi connectivity index (χ3v) is 6.01. The quantitative estimate of drug-likeness (QED) is 0.848. The minimum absolute atomic E-state index is 0.0642. The van der Waals surface area contributed by atoms with Crippen LogP contribution in [0.4, 0.5) is 5.69 Å². The van der Waals surface area contributed by atoms with E-state index in [0.717, 1.165) is 15.7 Å². The SMILES string of the molecule is CC1(C)c2ccccc2N2CC(=O)N[C@@]21/C=C/c1ccccc1Br. The highest BCUT2D eigenvalue weighted by Crippen LogP contribution is 2.52. The van der Waals surface area contributed by atoms with Crippen LogP contribution in [0, 0.1) is 0 Å². The van der Waals surface area contributed by atoms with Gasteiger partial charge in [0.1, 0.15) is 5.66 Å². The van der Waals surface area contributed by atoms with E-state index in [1.165, 1.54) is 5.56 Å². The molecule has 2 aromatic carbocycles. The van der Waals surface area contributed by atoms with E-state index in [1.54, 1.807) is 0 Å². The molecule has 1 saturated heterocycles. The number of amides is 1. The van der Waals surface area contributed by atoms with E-state index in [1.807, 2.05) is 24.3 Å². The summed E-state index contributed by atoms with van der Waals surface area (Å²) in [6.45, 7) is 4.78. The Morgan fingerprint density at radius 1 is 1.12 bits per heavy atom. The minimum atomic E-state index is -0.539. The third kappa shape index (κ3) is 1.99. The second-order valence-corrected chi connectivity index (χ2v) is 7.75. The average Bonchev–Trinajstić information content (AvgIpc) is 2.99. The van der Waals surface area contributed by atoms with Crippen LogP contribution in [0.5, 0.6) is 0 Å². The lowest BCUT2D eigenvalue weighted by molar-refractivity contribution is -0.118. The number of fused-ring (bicyclic) bond motifs is 3. The van der Waals surface area contributed by atoms with Gasteiger partial charge in [-0.3, -0.25) is 4.79 Å². The van der Waals surface area contributed by atoms with Crippen molar-refractivity contribution < 1.29 is 4.79 Å². The van der Waals surface area contributed by atoms with E-state index < -0.39 is 5.66 Å². The van der Waals surface area contributed by atoms with Crippen LogP contribution in [-0.2, 0) is 10.2 Å². The van der Waals surface area contributed by atoms with E-state index in [0.29, 0.717) is 6.54 Å². The monoisotopic (exact) mass is 382 g/mol. The molecule has 1 fully saturated rings. The van der Waals surface area contributed by atoms with Crippen LogP contribution in [0.25, 0.3) is 6.08 Å². The van der Waals surface area contributed by atoms with Crippen molar-refractivity contribution in [2.24, 2.45) is 0 Å². The molecule has 0 spiro atoms. The summed E-state index contributed by atoms with van der Waals surface area (Å²) in [7, 11) is 0.